The minimum Gasteiger partial charge on any atom is -0.462 e. The van der Waals surface area contributed by atoms with E-state index in [1.54, 1.807) is 11.9 Å². The first kappa shape index (κ1) is 11.0. The molecule has 0 aromatic rings. The number of carbonyl (C=O) groups is 1. The Hall–Kier alpha value is -1.03. The lowest BCUT2D eigenvalue weighted by molar-refractivity contribution is -0.138. The van der Waals surface area contributed by atoms with E-state index in [1.807, 2.05) is 13.1 Å². The Bertz CT molecular complexity index is 308. The van der Waals surface area contributed by atoms with Crippen LogP contribution in [0.5, 0.6) is 0 Å². The van der Waals surface area contributed by atoms with Crippen LogP contribution in [-0.2, 0) is 9.53 Å². The van der Waals surface area contributed by atoms with Gasteiger partial charge in [-0.2, -0.15) is 10.1 Å². The number of nitriles is 1. The molecule has 0 saturated carbocycles. The van der Waals surface area contributed by atoms with Gasteiger partial charge in [0.25, 0.3) is 0 Å². The largest absolute Gasteiger partial charge is 0.462 e. The van der Waals surface area contributed by atoms with Crippen molar-refractivity contribution in [1.29, 1.82) is 5.26 Å². The Labute approximate surface area is 86.8 Å². The van der Waals surface area contributed by atoms with Crippen LogP contribution in [0.1, 0.15) is 6.92 Å². The second kappa shape index (κ2) is 5.00. The summed E-state index contributed by atoms with van der Waals surface area (Å²) in [7, 11) is 1.83. The molecule has 6 heteroatoms. The molecule has 1 saturated heterocycles. The van der Waals surface area contributed by atoms with Gasteiger partial charge in [0.2, 0.25) is 0 Å². The van der Waals surface area contributed by atoms with Crippen LogP contribution in [-0.4, -0.2) is 31.2 Å². The monoisotopic (exact) mass is 213 g/mol. The fourth-order valence-electron chi connectivity index (χ4n) is 0.968. The van der Waals surface area contributed by atoms with Gasteiger partial charge in [-0.05, 0) is 18.9 Å². The predicted octanol–water partition coefficient (Wildman–Crippen LogP) is 0.425. The lowest BCUT2D eigenvalue weighted by Crippen LogP contribution is -2.22. The zero-order valence-corrected chi connectivity index (χ0v) is 8.85. The molecule has 0 spiro atoms. The molecular weight excluding hydrogens is 202 g/mol. The number of hydrazine groups is 1. The third kappa shape index (κ3) is 2.48. The predicted molar refractivity (Wildman–Crippen MR) is 52.6 cm³/mol. The lowest BCUT2D eigenvalue weighted by Gasteiger charge is -2.02. The summed E-state index contributed by atoms with van der Waals surface area (Å²) in [5.41, 5.74) is 0.0914. The summed E-state index contributed by atoms with van der Waals surface area (Å²) < 4.78 is 4.76. The molecule has 0 radical (unpaired) electrons. The molecule has 1 fully saturated rings. The second-order valence-corrected chi connectivity index (χ2v) is 3.56. The Morgan fingerprint density at radius 1 is 1.86 bits per heavy atom. The van der Waals surface area contributed by atoms with Gasteiger partial charge < -0.3 is 4.74 Å². The third-order valence-electron chi connectivity index (χ3n) is 1.58. The summed E-state index contributed by atoms with van der Waals surface area (Å²) in [6.45, 7) is 2.54. The van der Waals surface area contributed by atoms with Crippen molar-refractivity contribution in [2.75, 3.05) is 20.2 Å². The minimum atomic E-state index is -0.547. The number of carbonyl (C=O) groups excluding carboxylic acids is 1. The zero-order valence-electron chi connectivity index (χ0n) is 8.03. The lowest BCUT2D eigenvalue weighted by atomic mass is 10.2. The maximum Gasteiger partial charge on any atom is 0.349 e. The molecular formula is C8H11N3O2S. The van der Waals surface area contributed by atoms with Gasteiger partial charge in [0, 0.05) is 18.5 Å². The number of ether oxygens (including phenoxy) is 1. The number of nitrogens with one attached hydrogen (secondary N) is 1. The second-order valence-electron chi connectivity index (χ2n) is 2.68. The van der Waals surface area contributed by atoms with E-state index in [0.29, 0.717) is 11.4 Å². The maximum atomic E-state index is 11.3. The van der Waals surface area contributed by atoms with Crippen molar-refractivity contribution in [3.05, 3.63) is 10.5 Å². The number of esters is 1. The number of hydrogen-bond donors (Lipinski definition) is 1. The van der Waals surface area contributed by atoms with Gasteiger partial charge in [0.05, 0.1) is 6.61 Å². The van der Waals surface area contributed by atoms with Gasteiger partial charge in [0.15, 0.2) is 0 Å². The SMILES string of the molecule is CCOC(=O)/C(C#N)=C1\CN(C)NS1. The maximum absolute atomic E-state index is 11.3. The Balaban J connectivity index is 2.80. The van der Waals surface area contributed by atoms with E-state index < -0.39 is 5.97 Å². The number of rotatable bonds is 2. The average Bonchev–Trinajstić information content (AvgIpc) is 2.54. The quantitative estimate of drug-likeness (QED) is 0.310. The highest BCUT2D eigenvalue weighted by molar-refractivity contribution is 8.01. The van der Waals surface area contributed by atoms with E-state index in [-0.39, 0.29) is 12.2 Å². The number of nitrogens with zero attached hydrogens (tertiary/aromatic N) is 2. The van der Waals surface area contributed by atoms with Gasteiger partial charge in [-0.15, -0.1) is 0 Å². The van der Waals surface area contributed by atoms with E-state index in [0.717, 1.165) is 0 Å². The van der Waals surface area contributed by atoms with Crippen LogP contribution in [0, 0.1) is 11.3 Å². The van der Waals surface area contributed by atoms with Crippen molar-refractivity contribution in [2.45, 2.75) is 6.92 Å². The molecule has 76 valence electrons. The molecule has 0 unspecified atom stereocenters. The van der Waals surface area contributed by atoms with Crippen molar-refractivity contribution in [2.24, 2.45) is 0 Å². The fourth-order valence-corrected chi connectivity index (χ4v) is 1.79. The summed E-state index contributed by atoms with van der Waals surface area (Å²) in [6, 6.07) is 1.87. The molecule has 0 atom stereocenters. The van der Waals surface area contributed by atoms with E-state index in [1.165, 1.54) is 11.9 Å². The Morgan fingerprint density at radius 3 is 3.00 bits per heavy atom. The van der Waals surface area contributed by atoms with Crippen molar-refractivity contribution in [3.63, 3.8) is 0 Å². The summed E-state index contributed by atoms with van der Waals surface area (Å²) in [4.78, 5) is 14.9. The average molecular weight is 213 g/mol. The molecule has 1 heterocycles. The molecule has 0 aromatic heterocycles. The summed E-state index contributed by atoms with van der Waals surface area (Å²) >= 11 is 1.27. The van der Waals surface area contributed by atoms with E-state index in [4.69, 9.17) is 10.00 Å². The van der Waals surface area contributed by atoms with Gasteiger partial charge in [-0.25, -0.2) is 9.80 Å². The van der Waals surface area contributed by atoms with Crippen molar-refractivity contribution < 1.29 is 9.53 Å². The topological polar surface area (TPSA) is 65.4 Å². The number of likely N-dealkylation sites (N-methyl/N-ethyl adjacent to an activating group) is 1. The van der Waals surface area contributed by atoms with Crippen LogP contribution in [0.4, 0.5) is 0 Å². The number of hydrogen-bond acceptors (Lipinski definition) is 6. The van der Waals surface area contributed by atoms with Gasteiger partial charge in [-0.1, -0.05) is 0 Å². The van der Waals surface area contributed by atoms with E-state index in [2.05, 4.69) is 4.83 Å². The highest BCUT2D eigenvalue weighted by Gasteiger charge is 2.22. The summed E-state index contributed by atoms with van der Waals surface area (Å²) in [6.07, 6.45) is 0. The van der Waals surface area contributed by atoms with Crippen LogP contribution < -0.4 is 4.83 Å². The van der Waals surface area contributed by atoms with Crippen molar-refractivity contribution >= 4 is 17.9 Å². The first-order chi connectivity index (χ1) is 6.69. The van der Waals surface area contributed by atoms with Gasteiger partial charge >= 0.3 is 5.97 Å². The standard InChI is InChI=1S/C8H11N3O2S/c1-3-13-8(12)6(4-9)7-5-11(2)10-14-7/h10H,3,5H2,1-2H3/b7-6+. The highest BCUT2D eigenvalue weighted by Crippen LogP contribution is 2.23. The minimum absolute atomic E-state index is 0.0914. The fraction of sp³-hybridized carbons (Fsp3) is 0.500. The van der Waals surface area contributed by atoms with E-state index in [9.17, 15) is 4.79 Å². The first-order valence-electron chi connectivity index (χ1n) is 4.13. The molecule has 1 aliphatic rings. The molecule has 1 rings (SSSR count). The van der Waals surface area contributed by atoms with Crippen LogP contribution in [0.2, 0.25) is 0 Å². The molecule has 0 bridgehead atoms. The van der Waals surface area contributed by atoms with E-state index >= 15 is 0 Å². The van der Waals surface area contributed by atoms with Crippen LogP contribution in [0.3, 0.4) is 0 Å². The Kier molecular flexibility index (Phi) is 3.95. The van der Waals surface area contributed by atoms with Crippen LogP contribution in [0.15, 0.2) is 10.5 Å². The Morgan fingerprint density at radius 2 is 2.57 bits per heavy atom. The summed E-state index contributed by atoms with van der Waals surface area (Å²) in [5, 5.41) is 10.6. The normalized spacial score (nSPS) is 20.4. The van der Waals surface area contributed by atoms with Gasteiger partial charge in [0.1, 0.15) is 11.6 Å². The smallest absolute Gasteiger partial charge is 0.349 e. The van der Waals surface area contributed by atoms with Crippen molar-refractivity contribution in [1.82, 2.24) is 9.84 Å². The van der Waals surface area contributed by atoms with Crippen LogP contribution >= 0.6 is 11.9 Å². The first-order valence-corrected chi connectivity index (χ1v) is 4.94. The van der Waals surface area contributed by atoms with Gasteiger partial charge in [-0.3, -0.25) is 0 Å². The molecule has 0 amide bonds. The highest BCUT2D eigenvalue weighted by atomic mass is 32.2. The summed E-state index contributed by atoms with van der Waals surface area (Å²) in [5.74, 6) is -0.547. The molecule has 5 nitrogen and oxygen atoms in total. The third-order valence-corrected chi connectivity index (χ3v) is 2.56. The molecule has 14 heavy (non-hydrogen) atoms. The van der Waals surface area contributed by atoms with Crippen molar-refractivity contribution in [3.8, 4) is 6.07 Å². The molecule has 1 aliphatic heterocycles. The van der Waals surface area contributed by atoms with Crippen LogP contribution in [0.25, 0.3) is 0 Å². The molecule has 1 N–H and O–H groups in total. The zero-order chi connectivity index (χ0) is 10.6. The molecule has 0 aromatic carbocycles. The molecule has 0 aliphatic carbocycles.